The minimum absolute atomic E-state index is 0.0902. The third-order valence-electron chi connectivity index (χ3n) is 4.52. The van der Waals surface area contributed by atoms with E-state index in [1.165, 1.54) is 6.42 Å². The highest BCUT2D eigenvalue weighted by Crippen LogP contribution is 2.33. The van der Waals surface area contributed by atoms with Crippen LogP contribution in [-0.4, -0.2) is 30.1 Å². The van der Waals surface area contributed by atoms with Crippen LogP contribution in [-0.2, 0) is 0 Å². The molecule has 1 saturated carbocycles. The quantitative estimate of drug-likeness (QED) is 0.869. The molecule has 5 heteroatoms. The van der Waals surface area contributed by atoms with Crippen LogP contribution < -0.4 is 14.4 Å². The van der Waals surface area contributed by atoms with Gasteiger partial charge >= 0.3 is 0 Å². The summed E-state index contributed by atoms with van der Waals surface area (Å²) >= 11 is 0. The van der Waals surface area contributed by atoms with Crippen LogP contribution in [0.15, 0.2) is 36.4 Å². The smallest absolute Gasteiger partial charge is 0.263 e. The fourth-order valence-electron chi connectivity index (χ4n) is 2.95. The van der Waals surface area contributed by atoms with Gasteiger partial charge in [-0.3, -0.25) is 9.69 Å². The van der Waals surface area contributed by atoms with Gasteiger partial charge < -0.3 is 9.47 Å². The Morgan fingerprint density at radius 2 is 2.08 bits per heavy atom. The maximum absolute atomic E-state index is 13.1. The lowest BCUT2D eigenvalue weighted by Gasteiger charge is -2.30. The Hall–Kier alpha value is -2.56. The van der Waals surface area contributed by atoms with Crippen molar-refractivity contribution in [3.8, 4) is 11.5 Å². The molecule has 0 saturated heterocycles. The summed E-state index contributed by atoms with van der Waals surface area (Å²) in [6.45, 7) is 2.86. The number of aromatic nitrogens is 1. The molecule has 0 spiro atoms. The van der Waals surface area contributed by atoms with Crippen LogP contribution in [0.5, 0.6) is 11.5 Å². The van der Waals surface area contributed by atoms with E-state index in [0.29, 0.717) is 36.0 Å². The zero-order chi connectivity index (χ0) is 16.5. The zero-order valence-electron chi connectivity index (χ0n) is 13.7. The van der Waals surface area contributed by atoms with Crippen LogP contribution in [0.3, 0.4) is 0 Å². The number of aryl methyl sites for hydroxylation is 1. The monoisotopic (exact) mass is 324 g/mol. The molecule has 0 bridgehead atoms. The minimum Gasteiger partial charge on any atom is -0.490 e. The topological polar surface area (TPSA) is 51.7 Å². The molecule has 0 radical (unpaired) electrons. The summed E-state index contributed by atoms with van der Waals surface area (Å²) in [6, 6.07) is 11.2. The number of fused-ring (bicyclic) bond motifs is 1. The Balaban J connectivity index is 1.66. The second-order valence-corrected chi connectivity index (χ2v) is 6.25. The summed E-state index contributed by atoms with van der Waals surface area (Å²) in [4.78, 5) is 19.3. The number of benzene rings is 1. The molecule has 2 aliphatic rings. The van der Waals surface area contributed by atoms with E-state index < -0.39 is 0 Å². The molecule has 0 unspecified atom stereocenters. The van der Waals surface area contributed by atoms with Gasteiger partial charge in [-0.2, -0.15) is 0 Å². The third kappa shape index (κ3) is 2.70. The number of hydrogen-bond acceptors (Lipinski definition) is 4. The lowest BCUT2D eigenvalue weighted by Crippen LogP contribution is -2.39. The minimum atomic E-state index is -0.0902. The van der Waals surface area contributed by atoms with E-state index in [4.69, 9.17) is 9.47 Å². The lowest BCUT2D eigenvalue weighted by atomic mass is 9.96. The highest BCUT2D eigenvalue weighted by molar-refractivity contribution is 6.08. The first-order chi connectivity index (χ1) is 11.7. The molecule has 124 valence electrons. The third-order valence-corrected chi connectivity index (χ3v) is 4.52. The van der Waals surface area contributed by atoms with Crippen LogP contribution >= 0.6 is 0 Å². The molecule has 1 aliphatic carbocycles. The van der Waals surface area contributed by atoms with Gasteiger partial charge in [0.05, 0.1) is 18.2 Å². The molecule has 1 aliphatic heterocycles. The molecule has 0 N–H and O–H groups in total. The molecule has 5 nitrogen and oxygen atoms in total. The van der Waals surface area contributed by atoms with Crippen molar-refractivity contribution in [1.29, 1.82) is 0 Å². The fraction of sp³-hybridized carbons (Fsp3) is 0.368. The molecular formula is C19H20N2O3. The number of anilines is 1. The Kier molecular flexibility index (Phi) is 3.84. The van der Waals surface area contributed by atoms with Gasteiger partial charge in [0.1, 0.15) is 12.4 Å². The van der Waals surface area contributed by atoms with E-state index in [1.807, 2.05) is 43.3 Å². The highest BCUT2D eigenvalue weighted by Gasteiger charge is 2.29. The number of hydrogen-bond donors (Lipinski definition) is 0. The molecule has 1 aromatic carbocycles. The average molecular weight is 324 g/mol. The van der Waals surface area contributed by atoms with Crippen molar-refractivity contribution in [2.45, 2.75) is 32.3 Å². The molecule has 1 aromatic heterocycles. The summed E-state index contributed by atoms with van der Waals surface area (Å²) < 4.78 is 11.6. The summed E-state index contributed by atoms with van der Waals surface area (Å²) in [5.41, 5.74) is 1.44. The normalized spacial score (nSPS) is 16.8. The van der Waals surface area contributed by atoms with Crippen molar-refractivity contribution < 1.29 is 14.3 Å². The van der Waals surface area contributed by atoms with E-state index >= 15 is 0 Å². The number of nitrogens with zero attached hydrogens (tertiary/aromatic N) is 2. The Morgan fingerprint density at radius 3 is 2.88 bits per heavy atom. The number of carbonyl (C=O) groups excluding carboxylic acids is 1. The van der Waals surface area contributed by atoms with E-state index in [2.05, 4.69) is 4.98 Å². The summed E-state index contributed by atoms with van der Waals surface area (Å²) in [7, 11) is 0. The van der Waals surface area contributed by atoms with Gasteiger partial charge in [-0.15, -0.1) is 0 Å². The van der Waals surface area contributed by atoms with Crippen molar-refractivity contribution in [3.05, 3.63) is 47.7 Å². The predicted octanol–water partition coefficient (Wildman–Crippen LogP) is 3.36. The molecule has 2 heterocycles. The SMILES string of the molecule is Cc1ccc2c(n1)N(C(=O)c1ccccc1OC1CCC1)CCO2. The van der Waals surface area contributed by atoms with Crippen molar-refractivity contribution in [1.82, 2.24) is 4.98 Å². The van der Waals surface area contributed by atoms with Gasteiger partial charge in [0.25, 0.3) is 5.91 Å². The zero-order valence-corrected chi connectivity index (χ0v) is 13.7. The first-order valence-corrected chi connectivity index (χ1v) is 8.40. The number of amides is 1. The van der Waals surface area contributed by atoms with Crippen LogP contribution in [0.1, 0.15) is 35.3 Å². The second kappa shape index (κ2) is 6.15. The van der Waals surface area contributed by atoms with Crippen molar-refractivity contribution in [2.75, 3.05) is 18.1 Å². The van der Waals surface area contributed by atoms with Crippen LogP contribution in [0.4, 0.5) is 5.82 Å². The largest absolute Gasteiger partial charge is 0.490 e. The van der Waals surface area contributed by atoms with Crippen LogP contribution in [0.25, 0.3) is 0 Å². The van der Waals surface area contributed by atoms with Gasteiger partial charge in [0.15, 0.2) is 11.6 Å². The number of rotatable bonds is 3. The summed E-state index contributed by atoms with van der Waals surface area (Å²) in [6.07, 6.45) is 3.55. The second-order valence-electron chi connectivity index (χ2n) is 6.25. The predicted molar refractivity (Wildman–Crippen MR) is 90.9 cm³/mol. The summed E-state index contributed by atoms with van der Waals surface area (Å²) in [5, 5.41) is 0. The van der Waals surface area contributed by atoms with E-state index in [1.54, 1.807) is 4.90 Å². The van der Waals surface area contributed by atoms with E-state index in [0.717, 1.165) is 18.5 Å². The van der Waals surface area contributed by atoms with Gasteiger partial charge in [-0.25, -0.2) is 4.98 Å². The fourth-order valence-corrected chi connectivity index (χ4v) is 2.95. The number of pyridine rings is 1. The number of carbonyl (C=O) groups is 1. The maximum atomic E-state index is 13.1. The Morgan fingerprint density at radius 1 is 1.25 bits per heavy atom. The molecule has 0 atom stereocenters. The standard InChI is InChI=1S/C19H20N2O3/c1-13-9-10-17-18(20-13)21(11-12-23-17)19(22)15-7-2-3-8-16(15)24-14-5-4-6-14/h2-3,7-10,14H,4-6,11-12H2,1H3. The Bertz CT molecular complexity index is 771. The highest BCUT2D eigenvalue weighted by atomic mass is 16.5. The molecule has 24 heavy (non-hydrogen) atoms. The van der Waals surface area contributed by atoms with Crippen molar-refractivity contribution >= 4 is 11.7 Å². The van der Waals surface area contributed by atoms with E-state index in [-0.39, 0.29) is 12.0 Å². The maximum Gasteiger partial charge on any atom is 0.263 e. The molecule has 2 aromatic rings. The molecule has 4 rings (SSSR count). The first-order valence-electron chi connectivity index (χ1n) is 8.40. The van der Waals surface area contributed by atoms with Gasteiger partial charge in [0, 0.05) is 5.69 Å². The molecule has 1 amide bonds. The molecule has 1 fully saturated rings. The summed E-state index contributed by atoms with van der Waals surface area (Å²) in [5.74, 6) is 1.81. The lowest BCUT2D eigenvalue weighted by molar-refractivity contribution is 0.0948. The molecular weight excluding hydrogens is 304 g/mol. The average Bonchev–Trinajstić information content (AvgIpc) is 2.57. The van der Waals surface area contributed by atoms with Crippen molar-refractivity contribution in [3.63, 3.8) is 0 Å². The van der Waals surface area contributed by atoms with Gasteiger partial charge in [-0.05, 0) is 50.5 Å². The first kappa shape index (κ1) is 15.0. The Labute approximate surface area is 141 Å². The number of para-hydroxylation sites is 1. The van der Waals surface area contributed by atoms with Crippen LogP contribution in [0.2, 0.25) is 0 Å². The van der Waals surface area contributed by atoms with Gasteiger partial charge in [0.2, 0.25) is 0 Å². The van der Waals surface area contributed by atoms with Crippen molar-refractivity contribution in [2.24, 2.45) is 0 Å². The number of ether oxygens (including phenoxy) is 2. The van der Waals surface area contributed by atoms with E-state index in [9.17, 15) is 4.79 Å². The van der Waals surface area contributed by atoms with Gasteiger partial charge in [-0.1, -0.05) is 12.1 Å². The van der Waals surface area contributed by atoms with Crippen LogP contribution in [0, 0.1) is 6.92 Å².